The van der Waals surface area contributed by atoms with Gasteiger partial charge in [-0.2, -0.15) is 5.10 Å². The van der Waals surface area contributed by atoms with Crippen molar-refractivity contribution >= 4 is 17.9 Å². The highest BCUT2D eigenvalue weighted by molar-refractivity contribution is 6.30. The molecular formula is C10H8ClN3O. The maximum absolute atomic E-state index is 10.5. The van der Waals surface area contributed by atoms with Crippen molar-refractivity contribution < 1.29 is 4.79 Å². The molecule has 2 aromatic rings. The minimum Gasteiger partial charge on any atom is -0.298 e. The van der Waals surface area contributed by atoms with Crippen molar-refractivity contribution in [3.63, 3.8) is 0 Å². The number of hydrogen-bond donors (Lipinski definition) is 0. The summed E-state index contributed by atoms with van der Waals surface area (Å²) >= 11 is 5.75. The Kier molecular flexibility index (Phi) is 2.51. The Bertz CT molecular complexity index is 507. The number of aldehydes is 1. The van der Waals surface area contributed by atoms with Crippen LogP contribution in [0.4, 0.5) is 0 Å². The Morgan fingerprint density at radius 1 is 1.47 bits per heavy atom. The van der Waals surface area contributed by atoms with Crippen LogP contribution in [-0.4, -0.2) is 21.1 Å². The zero-order chi connectivity index (χ0) is 10.8. The summed E-state index contributed by atoms with van der Waals surface area (Å²) in [7, 11) is 0. The second-order valence-electron chi connectivity index (χ2n) is 3.13. The number of carbonyl (C=O) groups is 1. The van der Waals surface area contributed by atoms with Crippen LogP contribution in [-0.2, 0) is 0 Å². The van der Waals surface area contributed by atoms with Gasteiger partial charge < -0.3 is 0 Å². The highest BCUT2D eigenvalue weighted by Gasteiger charge is 2.05. The highest BCUT2D eigenvalue weighted by Crippen LogP contribution is 2.13. The van der Waals surface area contributed by atoms with Gasteiger partial charge in [-0.3, -0.25) is 4.79 Å². The van der Waals surface area contributed by atoms with Crippen LogP contribution in [0.5, 0.6) is 0 Å². The molecule has 2 rings (SSSR count). The van der Waals surface area contributed by atoms with E-state index in [1.807, 2.05) is 6.92 Å². The number of aromatic nitrogens is 3. The number of nitrogens with zero attached hydrogens (tertiary/aromatic N) is 3. The van der Waals surface area contributed by atoms with E-state index in [1.165, 1.54) is 12.4 Å². The molecule has 5 heteroatoms. The normalized spacial score (nSPS) is 10.3. The predicted octanol–water partition coefficient (Wildman–Crippen LogP) is 2.04. The van der Waals surface area contributed by atoms with Gasteiger partial charge in [0.05, 0.1) is 17.4 Å². The summed E-state index contributed by atoms with van der Waals surface area (Å²) in [6.07, 6.45) is 5.47. The molecule has 0 aliphatic heterocycles. The first-order chi connectivity index (χ1) is 7.20. The van der Waals surface area contributed by atoms with Crippen LogP contribution in [0.1, 0.15) is 15.9 Å². The Labute approximate surface area is 91.5 Å². The average molecular weight is 222 g/mol. The molecule has 0 unspecified atom stereocenters. The smallest absolute Gasteiger partial charge is 0.156 e. The number of halogens is 1. The van der Waals surface area contributed by atoms with Gasteiger partial charge in [0.25, 0.3) is 0 Å². The summed E-state index contributed by atoms with van der Waals surface area (Å²) < 4.78 is 1.58. The van der Waals surface area contributed by atoms with Crippen molar-refractivity contribution in [3.05, 3.63) is 40.8 Å². The van der Waals surface area contributed by atoms with Gasteiger partial charge in [-0.05, 0) is 18.6 Å². The van der Waals surface area contributed by atoms with Gasteiger partial charge in [-0.1, -0.05) is 11.6 Å². The van der Waals surface area contributed by atoms with E-state index in [-0.39, 0.29) is 0 Å². The lowest BCUT2D eigenvalue weighted by molar-refractivity contribution is 0.112. The molecule has 2 heterocycles. The minimum atomic E-state index is 0.550. The lowest BCUT2D eigenvalue weighted by Crippen LogP contribution is -2.01. The summed E-state index contributed by atoms with van der Waals surface area (Å²) in [5.41, 5.74) is 1.42. The molecule has 0 aliphatic rings. The average Bonchev–Trinajstić information content (AvgIpc) is 2.64. The van der Waals surface area contributed by atoms with E-state index >= 15 is 0 Å². The van der Waals surface area contributed by atoms with Gasteiger partial charge in [-0.15, -0.1) is 0 Å². The monoisotopic (exact) mass is 221 g/mol. The molecule has 76 valence electrons. The number of aryl methyl sites for hydroxylation is 1. The second kappa shape index (κ2) is 3.82. The molecule has 0 saturated heterocycles. The lowest BCUT2D eigenvalue weighted by atomic mass is 10.2. The molecule has 0 spiro atoms. The molecule has 0 aliphatic carbocycles. The van der Waals surface area contributed by atoms with Crippen LogP contribution in [0.15, 0.2) is 24.7 Å². The van der Waals surface area contributed by atoms with Crippen LogP contribution in [0.2, 0.25) is 5.02 Å². The van der Waals surface area contributed by atoms with Gasteiger partial charge in [0.2, 0.25) is 0 Å². The molecule has 4 nitrogen and oxygen atoms in total. The molecule has 0 radical (unpaired) electrons. The fraction of sp³-hybridized carbons (Fsp3) is 0.100. The third kappa shape index (κ3) is 1.89. The SMILES string of the molecule is Cc1cc(C=O)cnc1-n1cc(Cl)cn1. The standard InChI is InChI=1S/C10H8ClN3O/c1-7-2-8(6-15)3-12-10(7)14-5-9(11)4-13-14/h2-6H,1H3. The number of hydrogen-bond acceptors (Lipinski definition) is 3. The quantitative estimate of drug-likeness (QED) is 0.730. The van der Waals surface area contributed by atoms with Gasteiger partial charge in [0.1, 0.15) is 0 Å². The van der Waals surface area contributed by atoms with E-state index in [0.29, 0.717) is 16.4 Å². The van der Waals surface area contributed by atoms with E-state index in [2.05, 4.69) is 10.1 Å². The first kappa shape index (κ1) is 9.86. The molecule has 2 aromatic heterocycles. The van der Waals surface area contributed by atoms with Crippen molar-refractivity contribution in [2.24, 2.45) is 0 Å². The number of rotatable bonds is 2. The zero-order valence-corrected chi connectivity index (χ0v) is 8.77. The molecule has 0 saturated carbocycles. The Hall–Kier alpha value is -1.68. The fourth-order valence-corrected chi connectivity index (χ4v) is 1.45. The number of carbonyl (C=O) groups excluding carboxylic acids is 1. The van der Waals surface area contributed by atoms with Crippen LogP contribution in [0.3, 0.4) is 0 Å². The maximum atomic E-state index is 10.5. The van der Waals surface area contributed by atoms with Gasteiger partial charge in [0.15, 0.2) is 12.1 Å². The van der Waals surface area contributed by atoms with E-state index in [4.69, 9.17) is 11.6 Å². The minimum absolute atomic E-state index is 0.550. The van der Waals surface area contributed by atoms with Crippen molar-refractivity contribution in [3.8, 4) is 5.82 Å². The molecule has 0 amide bonds. The zero-order valence-electron chi connectivity index (χ0n) is 8.01. The maximum Gasteiger partial charge on any atom is 0.156 e. The molecule has 0 aromatic carbocycles. The first-order valence-corrected chi connectivity index (χ1v) is 4.71. The molecule has 0 fully saturated rings. The highest BCUT2D eigenvalue weighted by atomic mass is 35.5. The summed E-state index contributed by atoms with van der Waals surface area (Å²) in [6.45, 7) is 1.87. The third-order valence-electron chi connectivity index (χ3n) is 1.98. The van der Waals surface area contributed by atoms with E-state index in [9.17, 15) is 4.79 Å². The Morgan fingerprint density at radius 3 is 2.80 bits per heavy atom. The van der Waals surface area contributed by atoms with E-state index < -0.39 is 0 Å². The van der Waals surface area contributed by atoms with Crippen LogP contribution in [0.25, 0.3) is 5.82 Å². The molecular weight excluding hydrogens is 214 g/mol. The second-order valence-corrected chi connectivity index (χ2v) is 3.57. The van der Waals surface area contributed by atoms with Crippen LogP contribution in [0, 0.1) is 6.92 Å². The van der Waals surface area contributed by atoms with Crippen molar-refractivity contribution in [1.29, 1.82) is 0 Å². The van der Waals surface area contributed by atoms with Gasteiger partial charge >= 0.3 is 0 Å². The molecule has 0 bridgehead atoms. The summed E-state index contributed by atoms with van der Waals surface area (Å²) in [5.74, 6) is 0.674. The number of pyridine rings is 1. The summed E-state index contributed by atoms with van der Waals surface area (Å²) in [6, 6.07) is 1.75. The summed E-state index contributed by atoms with van der Waals surface area (Å²) in [4.78, 5) is 14.7. The Balaban J connectivity index is 2.49. The van der Waals surface area contributed by atoms with Crippen molar-refractivity contribution in [2.75, 3.05) is 0 Å². The topological polar surface area (TPSA) is 47.8 Å². The molecule has 0 atom stereocenters. The van der Waals surface area contributed by atoms with Crippen LogP contribution >= 0.6 is 11.6 Å². The van der Waals surface area contributed by atoms with Crippen LogP contribution < -0.4 is 0 Å². The lowest BCUT2D eigenvalue weighted by Gasteiger charge is -2.04. The van der Waals surface area contributed by atoms with E-state index in [0.717, 1.165) is 11.8 Å². The fourth-order valence-electron chi connectivity index (χ4n) is 1.31. The summed E-state index contributed by atoms with van der Waals surface area (Å²) in [5, 5.41) is 4.59. The molecule has 15 heavy (non-hydrogen) atoms. The largest absolute Gasteiger partial charge is 0.298 e. The Morgan fingerprint density at radius 2 is 2.27 bits per heavy atom. The van der Waals surface area contributed by atoms with Crippen molar-refractivity contribution in [2.45, 2.75) is 6.92 Å². The first-order valence-electron chi connectivity index (χ1n) is 4.33. The van der Waals surface area contributed by atoms with Crippen molar-refractivity contribution in [1.82, 2.24) is 14.8 Å². The molecule has 0 N–H and O–H groups in total. The third-order valence-corrected chi connectivity index (χ3v) is 2.17. The van der Waals surface area contributed by atoms with E-state index in [1.54, 1.807) is 16.9 Å². The predicted molar refractivity (Wildman–Crippen MR) is 56.5 cm³/mol. The van der Waals surface area contributed by atoms with Gasteiger partial charge in [0, 0.05) is 11.8 Å². The van der Waals surface area contributed by atoms with Gasteiger partial charge in [-0.25, -0.2) is 9.67 Å².